The summed E-state index contributed by atoms with van der Waals surface area (Å²) in [5, 5.41) is 13.8. The number of carbonyl (C=O) groups excluding carboxylic acids is 2. The molecule has 3 rings (SSSR count). The van der Waals surface area contributed by atoms with Gasteiger partial charge in [0.25, 0.3) is 11.6 Å². The molecular formula is C19H21N3O6. The summed E-state index contributed by atoms with van der Waals surface area (Å²) in [7, 11) is 0. The fourth-order valence-corrected chi connectivity index (χ4v) is 3.15. The van der Waals surface area contributed by atoms with E-state index in [9.17, 15) is 19.7 Å². The molecule has 0 unspecified atom stereocenters. The number of anilines is 1. The van der Waals surface area contributed by atoms with E-state index in [0.717, 1.165) is 0 Å². The predicted octanol–water partition coefficient (Wildman–Crippen LogP) is 2.26. The number of furan rings is 1. The number of nitro benzene ring substituents is 1. The van der Waals surface area contributed by atoms with Crippen LogP contribution in [-0.4, -0.2) is 36.5 Å². The number of nitrogens with one attached hydrogen (secondary N) is 1. The molecule has 1 aliphatic heterocycles. The van der Waals surface area contributed by atoms with Crippen molar-refractivity contribution in [3.8, 4) is 0 Å². The summed E-state index contributed by atoms with van der Waals surface area (Å²) in [6.07, 6.45) is 2.54. The largest absolute Gasteiger partial charge is 0.467 e. The van der Waals surface area contributed by atoms with Crippen LogP contribution in [0.3, 0.4) is 0 Å². The number of nitrogens with zero attached hydrogens (tertiary/aromatic N) is 2. The first-order chi connectivity index (χ1) is 13.5. The minimum Gasteiger partial charge on any atom is -0.467 e. The molecule has 1 N–H and O–H groups in total. The highest BCUT2D eigenvalue weighted by Gasteiger charge is 2.29. The number of hydrogen-bond donors (Lipinski definition) is 1. The molecule has 1 aromatic carbocycles. The molecule has 1 fully saturated rings. The lowest BCUT2D eigenvalue weighted by atomic mass is 9.96. The highest BCUT2D eigenvalue weighted by molar-refractivity contribution is 5.81. The van der Waals surface area contributed by atoms with Gasteiger partial charge in [-0.1, -0.05) is 12.1 Å². The van der Waals surface area contributed by atoms with Crippen LogP contribution in [0.25, 0.3) is 0 Å². The molecule has 0 saturated carbocycles. The average molecular weight is 387 g/mol. The Morgan fingerprint density at radius 2 is 1.96 bits per heavy atom. The molecule has 2 heterocycles. The summed E-state index contributed by atoms with van der Waals surface area (Å²) < 4.78 is 10.2. The molecule has 0 atom stereocenters. The smallest absolute Gasteiger partial charge is 0.309 e. The van der Waals surface area contributed by atoms with E-state index in [4.69, 9.17) is 9.15 Å². The summed E-state index contributed by atoms with van der Waals surface area (Å²) >= 11 is 0. The number of esters is 1. The maximum Gasteiger partial charge on any atom is 0.309 e. The molecule has 28 heavy (non-hydrogen) atoms. The SMILES string of the molecule is O=C(COC(=O)C1CCN(c2ccccc2[N+](=O)[O-])CC1)NCc1ccco1. The molecule has 1 amide bonds. The fourth-order valence-electron chi connectivity index (χ4n) is 3.15. The highest BCUT2D eigenvalue weighted by atomic mass is 16.6. The molecule has 2 aromatic rings. The second-order valence-electron chi connectivity index (χ2n) is 6.47. The van der Waals surface area contributed by atoms with Crippen LogP contribution < -0.4 is 10.2 Å². The standard InChI is InChI=1S/C19H21N3O6/c23-18(20-12-15-4-3-11-27-15)13-28-19(24)14-7-9-21(10-8-14)16-5-1-2-6-17(16)22(25)26/h1-6,11,14H,7-10,12-13H2,(H,20,23). The maximum absolute atomic E-state index is 12.2. The molecule has 0 aliphatic carbocycles. The van der Waals surface area contributed by atoms with Crippen LogP contribution in [0.1, 0.15) is 18.6 Å². The molecule has 1 aromatic heterocycles. The van der Waals surface area contributed by atoms with Gasteiger partial charge in [0.05, 0.1) is 23.6 Å². The van der Waals surface area contributed by atoms with E-state index in [2.05, 4.69) is 5.32 Å². The number of rotatable bonds is 7. The maximum atomic E-state index is 12.2. The Morgan fingerprint density at radius 1 is 1.21 bits per heavy atom. The van der Waals surface area contributed by atoms with Crippen LogP contribution in [0.15, 0.2) is 47.1 Å². The zero-order valence-electron chi connectivity index (χ0n) is 15.2. The van der Waals surface area contributed by atoms with E-state index in [1.807, 2.05) is 4.90 Å². The Balaban J connectivity index is 1.44. The van der Waals surface area contributed by atoms with Crippen molar-refractivity contribution < 1.29 is 23.7 Å². The molecule has 9 nitrogen and oxygen atoms in total. The summed E-state index contributed by atoms with van der Waals surface area (Å²) in [6, 6.07) is 10.0. The van der Waals surface area contributed by atoms with Crippen molar-refractivity contribution in [1.82, 2.24) is 5.32 Å². The van der Waals surface area contributed by atoms with Gasteiger partial charge < -0.3 is 19.4 Å². The number of amides is 1. The first-order valence-corrected chi connectivity index (χ1v) is 8.98. The molecule has 1 aliphatic rings. The van der Waals surface area contributed by atoms with E-state index in [1.54, 1.807) is 30.3 Å². The number of carbonyl (C=O) groups is 2. The second-order valence-corrected chi connectivity index (χ2v) is 6.47. The van der Waals surface area contributed by atoms with Gasteiger partial charge >= 0.3 is 5.97 Å². The molecule has 9 heteroatoms. The van der Waals surface area contributed by atoms with Gasteiger partial charge in [-0.25, -0.2) is 0 Å². The van der Waals surface area contributed by atoms with Crippen molar-refractivity contribution in [3.63, 3.8) is 0 Å². The number of hydrogen-bond acceptors (Lipinski definition) is 7. The predicted molar refractivity (Wildman–Crippen MR) is 99.5 cm³/mol. The molecular weight excluding hydrogens is 366 g/mol. The van der Waals surface area contributed by atoms with E-state index < -0.39 is 16.8 Å². The Kier molecular flexibility index (Phi) is 6.25. The van der Waals surface area contributed by atoms with E-state index >= 15 is 0 Å². The van der Waals surface area contributed by atoms with Crippen molar-refractivity contribution in [2.24, 2.45) is 5.92 Å². The quantitative estimate of drug-likeness (QED) is 0.440. The van der Waals surface area contributed by atoms with Gasteiger partial charge in [0.2, 0.25) is 0 Å². The Hall–Kier alpha value is -3.36. The molecule has 148 valence electrons. The van der Waals surface area contributed by atoms with Gasteiger partial charge in [0.1, 0.15) is 11.4 Å². The average Bonchev–Trinajstić information content (AvgIpc) is 3.24. The van der Waals surface area contributed by atoms with Crippen molar-refractivity contribution in [2.45, 2.75) is 19.4 Å². The normalized spacial score (nSPS) is 14.5. The topological polar surface area (TPSA) is 115 Å². The minimum atomic E-state index is -0.421. The first-order valence-electron chi connectivity index (χ1n) is 8.98. The van der Waals surface area contributed by atoms with Crippen molar-refractivity contribution >= 4 is 23.3 Å². The third-order valence-corrected chi connectivity index (χ3v) is 4.63. The lowest BCUT2D eigenvalue weighted by Crippen LogP contribution is -2.38. The lowest BCUT2D eigenvalue weighted by molar-refractivity contribution is -0.384. The molecule has 1 saturated heterocycles. The third-order valence-electron chi connectivity index (χ3n) is 4.63. The molecule has 0 radical (unpaired) electrons. The molecule has 0 spiro atoms. The van der Waals surface area contributed by atoms with Gasteiger partial charge in [-0.15, -0.1) is 0 Å². The Bertz CT molecular complexity index is 828. The van der Waals surface area contributed by atoms with Crippen LogP contribution in [0.5, 0.6) is 0 Å². The van der Waals surface area contributed by atoms with Crippen LogP contribution in [0, 0.1) is 16.0 Å². The van der Waals surface area contributed by atoms with Crippen LogP contribution >= 0.6 is 0 Å². The summed E-state index contributed by atoms with van der Waals surface area (Å²) in [5.74, 6) is -0.531. The van der Waals surface area contributed by atoms with Crippen LogP contribution in [0.4, 0.5) is 11.4 Å². The minimum absolute atomic E-state index is 0.0526. The number of para-hydroxylation sites is 2. The van der Waals surface area contributed by atoms with Gasteiger partial charge in [0.15, 0.2) is 6.61 Å². The van der Waals surface area contributed by atoms with Gasteiger partial charge in [0, 0.05) is 19.2 Å². The highest BCUT2D eigenvalue weighted by Crippen LogP contribution is 2.31. The number of benzene rings is 1. The summed E-state index contributed by atoms with van der Waals surface area (Å²) in [6.45, 7) is 0.909. The summed E-state index contributed by atoms with van der Waals surface area (Å²) in [4.78, 5) is 36.6. The van der Waals surface area contributed by atoms with E-state index in [-0.39, 0.29) is 24.8 Å². The monoisotopic (exact) mass is 387 g/mol. The van der Waals surface area contributed by atoms with E-state index in [1.165, 1.54) is 12.3 Å². The third kappa shape index (κ3) is 4.87. The first kappa shape index (κ1) is 19.4. The second kappa shape index (κ2) is 9.03. The lowest BCUT2D eigenvalue weighted by Gasteiger charge is -2.32. The number of piperidine rings is 1. The summed E-state index contributed by atoms with van der Waals surface area (Å²) in [5.41, 5.74) is 0.605. The Morgan fingerprint density at radius 3 is 2.64 bits per heavy atom. The van der Waals surface area contributed by atoms with Gasteiger partial charge in [-0.3, -0.25) is 19.7 Å². The number of nitro groups is 1. The fraction of sp³-hybridized carbons (Fsp3) is 0.368. The van der Waals surface area contributed by atoms with E-state index in [0.29, 0.717) is 37.4 Å². The Labute approximate surface area is 161 Å². The van der Waals surface area contributed by atoms with Gasteiger partial charge in [-0.2, -0.15) is 0 Å². The zero-order valence-corrected chi connectivity index (χ0v) is 15.2. The zero-order chi connectivity index (χ0) is 19.9. The molecule has 0 bridgehead atoms. The van der Waals surface area contributed by atoms with Crippen molar-refractivity contribution in [3.05, 3.63) is 58.5 Å². The van der Waals surface area contributed by atoms with Crippen molar-refractivity contribution in [1.29, 1.82) is 0 Å². The van der Waals surface area contributed by atoms with Crippen LogP contribution in [0.2, 0.25) is 0 Å². The van der Waals surface area contributed by atoms with Crippen molar-refractivity contribution in [2.75, 3.05) is 24.6 Å². The van der Waals surface area contributed by atoms with Gasteiger partial charge in [-0.05, 0) is 31.0 Å². The van der Waals surface area contributed by atoms with Crippen LogP contribution in [-0.2, 0) is 20.9 Å². The number of ether oxygens (including phenoxy) is 1.